The monoisotopic (exact) mass is 408 g/mol. The minimum Gasteiger partial charge on any atom is -0.379 e. The molecule has 1 atom stereocenters. The zero-order valence-electron chi connectivity index (χ0n) is 17.2. The van der Waals surface area contributed by atoms with Gasteiger partial charge in [0.25, 0.3) is 0 Å². The van der Waals surface area contributed by atoms with Crippen LogP contribution < -0.4 is 4.90 Å². The fourth-order valence-electron chi connectivity index (χ4n) is 4.55. The van der Waals surface area contributed by atoms with Gasteiger partial charge in [-0.25, -0.2) is 9.97 Å². The minimum absolute atomic E-state index is 0.394. The van der Waals surface area contributed by atoms with Crippen molar-refractivity contribution in [3.8, 4) is 0 Å². The lowest BCUT2D eigenvalue weighted by molar-refractivity contribution is 0.0331. The number of rotatable bonds is 4. The first-order chi connectivity index (χ1) is 14.2. The molecule has 1 unspecified atom stereocenters. The van der Waals surface area contributed by atoms with E-state index < -0.39 is 0 Å². The van der Waals surface area contributed by atoms with Crippen molar-refractivity contribution in [1.82, 2.24) is 14.9 Å². The number of hydrogen-bond acceptors (Lipinski definition) is 6. The number of benzene rings is 1. The van der Waals surface area contributed by atoms with Crippen LogP contribution >= 0.6 is 11.3 Å². The third-order valence-electron chi connectivity index (χ3n) is 6.23. The van der Waals surface area contributed by atoms with Crippen molar-refractivity contribution in [2.75, 3.05) is 37.7 Å². The van der Waals surface area contributed by atoms with Gasteiger partial charge in [0.05, 0.1) is 31.2 Å². The summed E-state index contributed by atoms with van der Waals surface area (Å²) in [6, 6.07) is 11.3. The highest BCUT2D eigenvalue weighted by Gasteiger charge is 2.30. The summed E-state index contributed by atoms with van der Waals surface area (Å²) in [5.41, 5.74) is 2.72. The number of fused-ring (bicyclic) bond motifs is 1. The number of hydrogen-bond donors (Lipinski definition) is 0. The van der Waals surface area contributed by atoms with Gasteiger partial charge >= 0.3 is 0 Å². The average molecular weight is 409 g/mol. The Balaban J connectivity index is 1.57. The Bertz CT molecular complexity index is 997. The standard InChI is InChI=1S/C23H28N4OS/c1-16-17(2)29-23-21(16)22(24-20(25-23)15-26-11-13-28-14-12-26)27-10-6-9-19(27)18-7-4-3-5-8-18/h3-5,7-8,19H,6,9-15H2,1-2H3. The Morgan fingerprint density at radius 1 is 1.07 bits per heavy atom. The summed E-state index contributed by atoms with van der Waals surface area (Å²) in [6.45, 7) is 9.78. The molecule has 2 aliphatic rings. The number of aryl methyl sites for hydroxylation is 2. The molecule has 4 heterocycles. The van der Waals surface area contributed by atoms with Crippen molar-refractivity contribution < 1.29 is 4.74 Å². The maximum atomic E-state index is 5.51. The van der Waals surface area contributed by atoms with Crippen molar-refractivity contribution in [3.63, 3.8) is 0 Å². The molecule has 1 aromatic carbocycles. The van der Waals surface area contributed by atoms with Crippen LogP contribution in [0.25, 0.3) is 10.2 Å². The zero-order chi connectivity index (χ0) is 19.8. The van der Waals surface area contributed by atoms with Gasteiger partial charge in [-0.2, -0.15) is 0 Å². The van der Waals surface area contributed by atoms with E-state index in [0.29, 0.717) is 6.04 Å². The number of nitrogens with zero attached hydrogens (tertiary/aromatic N) is 4. The average Bonchev–Trinajstić information content (AvgIpc) is 3.34. The maximum absolute atomic E-state index is 5.51. The molecule has 0 amide bonds. The number of anilines is 1. The van der Waals surface area contributed by atoms with E-state index in [0.717, 1.165) is 55.9 Å². The summed E-state index contributed by atoms with van der Waals surface area (Å²) >= 11 is 1.80. The zero-order valence-corrected chi connectivity index (χ0v) is 18.0. The minimum atomic E-state index is 0.394. The lowest BCUT2D eigenvalue weighted by Crippen LogP contribution is -2.36. The normalized spacial score (nSPS) is 20.6. The molecule has 2 saturated heterocycles. The van der Waals surface area contributed by atoms with Gasteiger partial charge in [0.15, 0.2) is 0 Å². The van der Waals surface area contributed by atoms with E-state index in [1.807, 2.05) is 0 Å². The quantitative estimate of drug-likeness (QED) is 0.637. The van der Waals surface area contributed by atoms with E-state index >= 15 is 0 Å². The molecule has 0 aliphatic carbocycles. The van der Waals surface area contributed by atoms with E-state index in [1.165, 1.54) is 34.2 Å². The van der Waals surface area contributed by atoms with Crippen LogP contribution in [0.5, 0.6) is 0 Å². The Hall–Kier alpha value is -2.02. The largest absolute Gasteiger partial charge is 0.379 e. The summed E-state index contributed by atoms with van der Waals surface area (Å²) in [5, 5.41) is 1.25. The molecule has 2 fully saturated rings. The van der Waals surface area contributed by atoms with Gasteiger partial charge in [0, 0.05) is 24.5 Å². The van der Waals surface area contributed by atoms with Crippen LogP contribution in [0, 0.1) is 13.8 Å². The van der Waals surface area contributed by atoms with E-state index in [9.17, 15) is 0 Å². The first-order valence-electron chi connectivity index (χ1n) is 10.6. The Morgan fingerprint density at radius 2 is 1.86 bits per heavy atom. The van der Waals surface area contributed by atoms with Gasteiger partial charge < -0.3 is 9.64 Å². The first kappa shape index (κ1) is 19.0. The van der Waals surface area contributed by atoms with Crippen LogP contribution in [0.4, 0.5) is 5.82 Å². The molecule has 0 N–H and O–H groups in total. The van der Waals surface area contributed by atoms with Crippen LogP contribution in [-0.4, -0.2) is 47.7 Å². The van der Waals surface area contributed by atoms with Crippen molar-refractivity contribution in [1.29, 1.82) is 0 Å². The van der Waals surface area contributed by atoms with Crippen molar-refractivity contribution in [2.45, 2.75) is 39.3 Å². The molecule has 29 heavy (non-hydrogen) atoms. The molecule has 5 nitrogen and oxygen atoms in total. The van der Waals surface area contributed by atoms with Gasteiger partial charge in [-0.3, -0.25) is 4.90 Å². The van der Waals surface area contributed by atoms with Crippen molar-refractivity contribution >= 4 is 27.4 Å². The van der Waals surface area contributed by atoms with Crippen LogP contribution in [0.15, 0.2) is 30.3 Å². The lowest BCUT2D eigenvalue weighted by atomic mass is 10.0. The SMILES string of the molecule is Cc1sc2nc(CN3CCOCC3)nc(N3CCCC3c3ccccc3)c2c1C. The summed E-state index contributed by atoms with van der Waals surface area (Å²) in [7, 11) is 0. The van der Waals surface area contributed by atoms with E-state index in [1.54, 1.807) is 11.3 Å². The summed E-state index contributed by atoms with van der Waals surface area (Å²) in [4.78, 5) is 17.6. The second-order valence-electron chi connectivity index (χ2n) is 8.08. The highest BCUT2D eigenvalue weighted by atomic mass is 32.1. The van der Waals surface area contributed by atoms with Crippen molar-refractivity contribution in [2.24, 2.45) is 0 Å². The lowest BCUT2D eigenvalue weighted by Gasteiger charge is -2.29. The molecule has 152 valence electrons. The molecule has 0 spiro atoms. The number of aromatic nitrogens is 2. The second kappa shape index (κ2) is 8.01. The maximum Gasteiger partial charge on any atom is 0.146 e. The third kappa shape index (κ3) is 3.65. The van der Waals surface area contributed by atoms with Gasteiger partial charge in [0.2, 0.25) is 0 Å². The number of morpholine rings is 1. The Morgan fingerprint density at radius 3 is 2.66 bits per heavy atom. The molecule has 2 aliphatic heterocycles. The van der Waals surface area contributed by atoms with E-state index in [4.69, 9.17) is 14.7 Å². The summed E-state index contributed by atoms with van der Waals surface area (Å²) in [5.74, 6) is 2.07. The molecule has 2 aromatic heterocycles. The molecular weight excluding hydrogens is 380 g/mol. The van der Waals surface area contributed by atoms with Crippen LogP contribution in [0.3, 0.4) is 0 Å². The topological polar surface area (TPSA) is 41.5 Å². The van der Waals surface area contributed by atoms with Gasteiger partial charge in [-0.1, -0.05) is 30.3 Å². The summed E-state index contributed by atoms with van der Waals surface area (Å²) in [6.07, 6.45) is 2.38. The fourth-order valence-corrected chi connectivity index (χ4v) is 5.59. The predicted molar refractivity (Wildman–Crippen MR) is 119 cm³/mol. The molecule has 6 heteroatoms. The Labute approximate surface area is 176 Å². The smallest absolute Gasteiger partial charge is 0.146 e. The third-order valence-corrected chi connectivity index (χ3v) is 7.33. The van der Waals surface area contributed by atoms with E-state index in [2.05, 4.69) is 54.0 Å². The summed E-state index contributed by atoms with van der Waals surface area (Å²) < 4.78 is 5.51. The Kier molecular flexibility index (Phi) is 5.24. The van der Waals surface area contributed by atoms with Crippen LogP contribution in [0.1, 0.15) is 40.7 Å². The van der Waals surface area contributed by atoms with Crippen molar-refractivity contribution in [3.05, 3.63) is 52.2 Å². The molecule has 0 radical (unpaired) electrons. The van der Waals surface area contributed by atoms with E-state index in [-0.39, 0.29) is 0 Å². The van der Waals surface area contributed by atoms with Gasteiger partial charge in [-0.15, -0.1) is 11.3 Å². The molecule has 5 rings (SSSR count). The molecule has 0 saturated carbocycles. The molecule has 0 bridgehead atoms. The van der Waals surface area contributed by atoms with Gasteiger partial charge in [-0.05, 0) is 37.8 Å². The first-order valence-corrected chi connectivity index (χ1v) is 11.4. The fraction of sp³-hybridized carbons (Fsp3) is 0.478. The number of thiophene rings is 1. The molecule has 3 aromatic rings. The van der Waals surface area contributed by atoms with Crippen LogP contribution in [0.2, 0.25) is 0 Å². The highest BCUT2D eigenvalue weighted by molar-refractivity contribution is 7.18. The van der Waals surface area contributed by atoms with Crippen LogP contribution in [-0.2, 0) is 11.3 Å². The second-order valence-corrected chi connectivity index (χ2v) is 9.28. The molecular formula is C23H28N4OS. The predicted octanol–water partition coefficient (Wildman–Crippen LogP) is 4.48. The van der Waals surface area contributed by atoms with Gasteiger partial charge in [0.1, 0.15) is 16.5 Å². The highest BCUT2D eigenvalue weighted by Crippen LogP contribution is 2.41. The number of ether oxygens (including phenoxy) is 1.